The smallest absolute Gasteiger partial charge is 0.382 e. The predicted octanol–water partition coefficient (Wildman–Crippen LogP) is -0.349. The highest BCUT2D eigenvalue weighted by Crippen LogP contribution is 2.08. The van der Waals surface area contributed by atoms with Crippen LogP contribution < -0.4 is 0 Å². The van der Waals surface area contributed by atoms with E-state index in [1.165, 1.54) is 13.8 Å². The Hall–Kier alpha value is -1.76. The second kappa shape index (κ2) is 6.09. The lowest BCUT2D eigenvalue weighted by molar-refractivity contribution is -0.166. The zero-order chi connectivity index (χ0) is 13.6. The highest BCUT2D eigenvalue weighted by Gasteiger charge is 2.24. The number of aliphatic carboxylic acids is 1. The van der Waals surface area contributed by atoms with E-state index in [-0.39, 0.29) is 0 Å². The summed E-state index contributed by atoms with van der Waals surface area (Å²) in [5.74, 6) is -4.75. The first-order chi connectivity index (χ1) is 7.61. The van der Waals surface area contributed by atoms with Gasteiger partial charge in [0.05, 0.1) is 18.4 Å². The summed E-state index contributed by atoms with van der Waals surface area (Å²) >= 11 is 0. The highest BCUT2D eigenvalue weighted by molar-refractivity contribution is 6.35. The number of ether oxygens (including phenoxy) is 1. The van der Waals surface area contributed by atoms with Crippen molar-refractivity contribution in [3.05, 3.63) is 0 Å². The van der Waals surface area contributed by atoms with Crippen LogP contribution in [0.2, 0.25) is 0 Å². The van der Waals surface area contributed by atoms with Crippen molar-refractivity contribution in [2.24, 2.45) is 0 Å². The fraction of sp³-hybridized carbons (Fsp3) is 0.600. The molecule has 0 unspecified atom stereocenters. The Morgan fingerprint density at radius 3 is 2.06 bits per heavy atom. The maximum Gasteiger partial charge on any atom is 0.382 e. The Morgan fingerprint density at radius 1 is 1.12 bits per heavy atom. The molecule has 0 aliphatic rings. The average molecular weight is 246 g/mol. The van der Waals surface area contributed by atoms with Crippen LogP contribution in [0.4, 0.5) is 0 Å². The molecule has 0 saturated heterocycles. The predicted molar refractivity (Wildman–Crippen MR) is 53.9 cm³/mol. The quantitative estimate of drug-likeness (QED) is 0.373. The molecule has 0 aliphatic carbocycles. The molecule has 0 atom stereocenters. The van der Waals surface area contributed by atoms with Crippen LogP contribution in [-0.2, 0) is 23.9 Å². The number of Topliss-reactive ketones (excluding diaryl/α,β-unsaturated/α-hetero) is 1. The molecule has 17 heavy (non-hydrogen) atoms. The summed E-state index contributed by atoms with van der Waals surface area (Å²) in [6.45, 7) is 2.68. The van der Waals surface area contributed by atoms with Gasteiger partial charge in [-0.2, -0.15) is 0 Å². The summed E-state index contributed by atoms with van der Waals surface area (Å²) in [5, 5.41) is 17.5. The molecule has 0 fully saturated rings. The van der Waals surface area contributed by atoms with Crippen LogP contribution in [0.5, 0.6) is 0 Å². The van der Waals surface area contributed by atoms with E-state index in [2.05, 4.69) is 4.74 Å². The Bertz CT molecular complexity index is 337. The van der Waals surface area contributed by atoms with E-state index in [9.17, 15) is 24.3 Å². The van der Waals surface area contributed by atoms with E-state index in [0.29, 0.717) is 0 Å². The Morgan fingerprint density at radius 2 is 1.65 bits per heavy atom. The number of rotatable bonds is 6. The van der Waals surface area contributed by atoms with Gasteiger partial charge in [-0.25, -0.2) is 4.79 Å². The summed E-state index contributed by atoms with van der Waals surface area (Å²) < 4.78 is 4.14. The summed E-state index contributed by atoms with van der Waals surface area (Å²) in [4.78, 5) is 43.2. The van der Waals surface area contributed by atoms with Crippen LogP contribution in [0.25, 0.3) is 0 Å². The third-order valence-corrected chi connectivity index (χ3v) is 1.58. The lowest BCUT2D eigenvalue weighted by Crippen LogP contribution is -2.28. The largest absolute Gasteiger partial charge is 0.481 e. The van der Waals surface area contributed by atoms with Crippen molar-refractivity contribution >= 4 is 23.7 Å². The molecule has 0 aliphatic heterocycles. The van der Waals surface area contributed by atoms with Crippen molar-refractivity contribution in [1.29, 1.82) is 0 Å². The topological polar surface area (TPSA) is 118 Å². The molecule has 0 bridgehead atoms. The molecule has 7 nitrogen and oxygen atoms in total. The number of carbonyl (C=O) groups is 4. The van der Waals surface area contributed by atoms with Crippen molar-refractivity contribution in [3.63, 3.8) is 0 Å². The van der Waals surface area contributed by atoms with E-state index in [1.54, 1.807) is 0 Å². The van der Waals surface area contributed by atoms with E-state index in [0.717, 1.165) is 0 Å². The Balaban J connectivity index is 4.13. The van der Waals surface area contributed by atoms with Gasteiger partial charge in [-0.1, -0.05) is 0 Å². The van der Waals surface area contributed by atoms with Gasteiger partial charge in [-0.05, 0) is 13.8 Å². The monoisotopic (exact) mass is 246 g/mol. The second-order valence-electron chi connectivity index (χ2n) is 4.07. The standard InChI is InChI=1S/C10H14O7/c1-10(2,16)5-8(14)17-9(15)6(11)3-4-7(12)13/h16H,3-5H2,1-2H3,(H,12,13). The molecule has 0 aromatic carbocycles. The number of esters is 2. The third-order valence-electron chi connectivity index (χ3n) is 1.58. The first-order valence-corrected chi connectivity index (χ1v) is 4.84. The number of aliphatic hydroxyl groups is 1. The summed E-state index contributed by atoms with van der Waals surface area (Å²) in [7, 11) is 0. The minimum Gasteiger partial charge on any atom is -0.481 e. The third kappa shape index (κ3) is 8.09. The van der Waals surface area contributed by atoms with Gasteiger partial charge < -0.3 is 14.9 Å². The van der Waals surface area contributed by atoms with Crippen LogP contribution in [0.15, 0.2) is 0 Å². The summed E-state index contributed by atoms with van der Waals surface area (Å²) in [6.07, 6.45) is -1.47. The fourth-order valence-electron chi connectivity index (χ4n) is 0.872. The molecule has 7 heteroatoms. The first kappa shape index (κ1) is 15.2. The van der Waals surface area contributed by atoms with E-state index in [1.807, 2.05) is 0 Å². The number of hydrogen-bond donors (Lipinski definition) is 2. The highest BCUT2D eigenvalue weighted by atomic mass is 16.6. The normalized spacial score (nSPS) is 10.8. The summed E-state index contributed by atoms with van der Waals surface area (Å²) in [6, 6.07) is 0. The van der Waals surface area contributed by atoms with Gasteiger partial charge in [0.1, 0.15) is 0 Å². The molecule has 96 valence electrons. The molecule has 2 N–H and O–H groups in total. The number of hydrogen-bond acceptors (Lipinski definition) is 6. The van der Waals surface area contributed by atoms with Crippen LogP contribution in [0, 0.1) is 0 Å². The van der Waals surface area contributed by atoms with E-state index >= 15 is 0 Å². The van der Waals surface area contributed by atoms with Crippen LogP contribution in [-0.4, -0.2) is 39.5 Å². The minimum atomic E-state index is -1.40. The number of carboxylic acids is 1. The fourth-order valence-corrected chi connectivity index (χ4v) is 0.872. The Kier molecular flexibility index (Phi) is 5.46. The first-order valence-electron chi connectivity index (χ1n) is 4.84. The summed E-state index contributed by atoms with van der Waals surface area (Å²) in [5.41, 5.74) is -1.35. The number of carboxylic acid groups (broad SMARTS) is 1. The van der Waals surface area contributed by atoms with Crippen molar-refractivity contribution in [3.8, 4) is 0 Å². The maximum atomic E-state index is 11.0. The minimum absolute atomic E-state index is 0.440. The van der Waals surface area contributed by atoms with Gasteiger partial charge >= 0.3 is 17.9 Å². The van der Waals surface area contributed by atoms with Crippen LogP contribution >= 0.6 is 0 Å². The van der Waals surface area contributed by atoms with Gasteiger partial charge in [-0.3, -0.25) is 14.4 Å². The second-order valence-corrected chi connectivity index (χ2v) is 4.07. The Labute approximate surface area is 97.4 Å². The van der Waals surface area contributed by atoms with E-state index in [4.69, 9.17) is 5.11 Å². The zero-order valence-electron chi connectivity index (χ0n) is 9.56. The molecule has 0 saturated carbocycles. The number of carbonyl (C=O) groups excluding carboxylic acids is 3. The molecule has 0 radical (unpaired) electrons. The van der Waals surface area contributed by atoms with Gasteiger partial charge in [0.25, 0.3) is 0 Å². The van der Waals surface area contributed by atoms with Gasteiger partial charge in [0.15, 0.2) is 0 Å². The lowest BCUT2D eigenvalue weighted by Gasteiger charge is -2.14. The van der Waals surface area contributed by atoms with Crippen LogP contribution in [0.1, 0.15) is 33.1 Å². The van der Waals surface area contributed by atoms with Gasteiger partial charge in [0, 0.05) is 6.42 Å². The molecular weight excluding hydrogens is 232 g/mol. The molecule has 0 spiro atoms. The van der Waals surface area contributed by atoms with Gasteiger partial charge in [0.2, 0.25) is 5.78 Å². The molecule has 0 rings (SSSR count). The van der Waals surface area contributed by atoms with Gasteiger partial charge in [-0.15, -0.1) is 0 Å². The zero-order valence-corrected chi connectivity index (χ0v) is 9.56. The molecular formula is C10H14O7. The maximum absolute atomic E-state index is 11.0. The molecule has 0 heterocycles. The van der Waals surface area contributed by atoms with Crippen molar-refractivity contribution in [2.75, 3.05) is 0 Å². The van der Waals surface area contributed by atoms with Crippen molar-refractivity contribution < 1.29 is 34.1 Å². The average Bonchev–Trinajstić information content (AvgIpc) is 2.10. The lowest BCUT2D eigenvalue weighted by atomic mass is 10.1. The van der Waals surface area contributed by atoms with Crippen LogP contribution in [0.3, 0.4) is 0 Å². The molecule has 0 aromatic rings. The number of ketones is 1. The van der Waals surface area contributed by atoms with Crippen molar-refractivity contribution in [2.45, 2.75) is 38.7 Å². The molecule has 0 aromatic heterocycles. The SMILES string of the molecule is CC(C)(O)CC(=O)OC(=O)C(=O)CCC(=O)O. The molecule has 0 amide bonds. The van der Waals surface area contributed by atoms with Crippen molar-refractivity contribution in [1.82, 2.24) is 0 Å². The van der Waals surface area contributed by atoms with E-state index < -0.39 is 48.6 Å².